The molecule has 6 nitrogen and oxygen atoms in total. The van der Waals surface area contributed by atoms with Crippen LogP contribution >= 0.6 is 0 Å². The summed E-state index contributed by atoms with van der Waals surface area (Å²) in [4.78, 5) is 24.2. The Morgan fingerprint density at radius 1 is 1.09 bits per heavy atom. The maximum absolute atomic E-state index is 12.8. The first-order valence-electron chi connectivity index (χ1n) is 10.0. The molecule has 32 heavy (non-hydrogen) atoms. The summed E-state index contributed by atoms with van der Waals surface area (Å²) in [6, 6.07) is 14.8. The van der Waals surface area contributed by atoms with E-state index in [1.54, 1.807) is 6.07 Å². The van der Waals surface area contributed by atoms with Gasteiger partial charge in [-0.25, -0.2) is 4.68 Å². The SMILES string of the molecule is CCOc1ccc(-c2ccc(=O)n(CCCC(=O)Nc3cccc(C(F)(F)F)c3)n2)cc1. The molecule has 1 N–H and O–H groups in total. The van der Waals surface area contributed by atoms with Crippen molar-refractivity contribution in [3.05, 3.63) is 76.6 Å². The zero-order chi connectivity index (χ0) is 23.1. The predicted octanol–water partition coefficient (Wildman–Crippen LogP) is 4.75. The van der Waals surface area contributed by atoms with Crippen molar-refractivity contribution in [3.63, 3.8) is 0 Å². The second-order valence-electron chi connectivity index (χ2n) is 6.97. The van der Waals surface area contributed by atoms with Gasteiger partial charge in [-0.05, 0) is 61.9 Å². The molecule has 3 aromatic rings. The Kier molecular flexibility index (Phi) is 7.29. The number of rotatable bonds is 8. The molecule has 1 amide bonds. The van der Waals surface area contributed by atoms with E-state index in [-0.39, 0.29) is 24.2 Å². The fraction of sp³-hybridized carbons (Fsp3) is 0.261. The predicted molar refractivity (Wildman–Crippen MR) is 114 cm³/mol. The fourth-order valence-electron chi connectivity index (χ4n) is 3.04. The van der Waals surface area contributed by atoms with E-state index in [1.807, 2.05) is 31.2 Å². The first-order valence-corrected chi connectivity index (χ1v) is 10.0. The number of carbonyl (C=O) groups excluding carboxylic acids is 1. The van der Waals surface area contributed by atoms with Crippen molar-refractivity contribution in [2.45, 2.75) is 32.5 Å². The number of hydrogen-bond donors (Lipinski definition) is 1. The van der Waals surface area contributed by atoms with E-state index in [9.17, 15) is 22.8 Å². The van der Waals surface area contributed by atoms with Crippen LogP contribution in [0.2, 0.25) is 0 Å². The molecular formula is C23H22F3N3O3. The van der Waals surface area contributed by atoms with Gasteiger partial charge < -0.3 is 10.1 Å². The number of hydrogen-bond acceptors (Lipinski definition) is 4. The molecule has 0 aliphatic carbocycles. The molecular weight excluding hydrogens is 423 g/mol. The summed E-state index contributed by atoms with van der Waals surface area (Å²) >= 11 is 0. The molecule has 0 saturated carbocycles. The number of carbonyl (C=O) groups is 1. The highest BCUT2D eigenvalue weighted by Gasteiger charge is 2.30. The number of aromatic nitrogens is 2. The smallest absolute Gasteiger partial charge is 0.416 e. The molecule has 9 heteroatoms. The lowest BCUT2D eigenvalue weighted by molar-refractivity contribution is -0.137. The van der Waals surface area contributed by atoms with Gasteiger partial charge in [0.15, 0.2) is 0 Å². The van der Waals surface area contributed by atoms with E-state index in [4.69, 9.17) is 4.74 Å². The fourth-order valence-corrected chi connectivity index (χ4v) is 3.04. The van der Waals surface area contributed by atoms with Crippen molar-refractivity contribution < 1.29 is 22.7 Å². The highest BCUT2D eigenvalue weighted by molar-refractivity contribution is 5.90. The molecule has 0 fully saturated rings. The van der Waals surface area contributed by atoms with Gasteiger partial charge >= 0.3 is 6.18 Å². The van der Waals surface area contributed by atoms with Crippen molar-refractivity contribution >= 4 is 11.6 Å². The third-order valence-corrected chi connectivity index (χ3v) is 4.58. The molecule has 0 aliphatic heterocycles. The molecule has 1 aromatic heterocycles. The lowest BCUT2D eigenvalue weighted by Crippen LogP contribution is -2.23. The van der Waals surface area contributed by atoms with Crippen molar-refractivity contribution in [3.8, 4) is 17.0 Å². The van der Waals surface area contributed by atoms with Gasteiger partial charge in [0.25, 0.3) is 5.56 Å². The lowest BCUT2D eigenvalue weighted by Gasteiger charge is -2.10. The maximum Gasteiger partial charge on any atom is 0.416 e. The number of amides is 1. The largest absolute Gasteiger partial charge is 0.494 e. The van der Waals surface area contributed by atoms with Crippen LogP contribution in [0.15, 0.2) is 65.5 Å². The third kappa shape index (κ3) is 6.19. The second-order valence-corrected chi connectivity index (χ2v) is 6.97. The summed E-state index contributed by atoms with van der Waals surface area (Å²) in [6.07, 6.45) is -4.16. The molecule has 0 spiro atoms. The van der Waals surface area contributed by atoms with Gasteiger partial charge in [-0.2, -0.15) is 18.3 Å². The van der Waals surface area contributed by atoms with Gasteiger partial charge in [-0.1, -0.05) is 6.07 Å². The van der Waals surface area contributed by atoms with Gasteiger partial charge in [0.05, 0.1) is 17.9 Å². The Morgan fingerprint density at radius 2 is 1.84 bits per heavy atom. The van der Waals surface area contributed by atoms with E-state index in [0.29, 0.717) is 18.7 Å². The Hall–Kier alpha value is -3.62. The van der Waals surface area contributed by atoms with Crippen molar-refractivity contribution in [1.82, 2.24) is 9.78 Å². The van der Waals surface area contributed by atoms with Crippen LogP contribution in [-0.4, -0.2) is 22.3 Å². The van der Waals surface area contributed by atoms with Crippen LogP contribution < -0.4 is 15.6 Å². The molecule has 1 heterocycles. The van der Waals surface area contributed by atoms with Crippen LogP contribution in [0.4, 0.5) is 18.9 Å². The monoisotopic (exact) mass is 445 g/mol. The van der Waals surface area contributed by atoms with E-state index in [1.165, 1.54) is 22.9 Å². The highest BCUT2D eigenvalue weighted by Crippen LogP contribution is 2.30. The first-order chi connectivity index (χ1) is 15.3. The average Bonchev–Trinajstić information content (AvgIpc) is 2.75. The van der Waals surface area contributed by atoms with Gasteiger partial charge in [0.2, 0.25) is 5.91 Å². The Labute approximate surface area is 182 Å². The third-order valence-electron chi connectivity index (χ3n) is 4.58. The van der Waals surface area contributed by atoms with Gasteiger partial charge in [-0.3, -0.25) is 9.59 Å². The number of nitrogens with zero attached hydrogens (tertiary/aromatic N) is 2. The Morgan fingerprint density at radius 3 is 2.53 bits per heavy atom. The lowest BCUT2D eigenvalue weighted by atomic mass is 10.1. The van der Waals surface area contributed by atoms with Crippen LogP contribution in [0.1, 0.15) is 25.3 Å². The minimum atomic E-state index is -4.48. The molecule has 0 saturated heterocycles. The number of aryl methyl sites for hydroxylation is 1. The van der Waals surface area contributed by atoms with Crippen LogP contribution in [0, 0.1) is 0 Å². The molecule has 0 aliphatic rings. The topological polar surface area (TPSA) is 73.2 Å². The van der Waals surface area contributed by atoms with E-state index < -0.39 is 17.6 Å². The minimum absolute atomic E-state index is 0.0254. The maximum atomic E-state index is 12.8. The van der Waals surface area contributed by atoms with E-state index in [0.717, 1.165) is 23.4 Å². The molecule has 3 rings (SSSR count). The number of nitrogens with one attached hydrogen (secondary N) is 1. The molecule has 0 radical (unpaired) electrons. The summed E-state index contributed by atoms with van der Waals surface area (Å²) in [5, 5.41) is 6.79. The first kappa shape index (κ1) is 23.1. The number of anilines is 1. The van der Waals surface area contributed by atoms with Crippen LogP contribution in [0.25, 0.3) is 11.3 Å². The molecule has 2 aromatic carbocycles. The number of alkyl halides is 3. The zero-order valence-corrected chi connectivity index (χ0v) is 17.4. The minimum Gasteiger partial charge on any atom is -0.494 e. The average molecular weight is 445 g/mol. The molecule has 0 bridgehead atoms. The molecule has 168 valence electrons. The van der Waals surface area contributed by atoms with E-state index >= 15 is 0 Å². The summed E-state index contributed by atoms with van der Waals surface area (Å²) in [5.74, 6) is 0.288. The van der Waals surface area contributed by atoms with Crippen molar-refractivity contribution in [2.75, 3.05) is 11.9 Å². The van der Waals surface area contributed by atoms with Gasteiger partial charge in [-0.15, -0.1) is 0 Å². The zero-order valence-electron chi connectivity index (χ0n) is 17.4. The van der Waals surface area contributed by atoms with Crippen molar-refractivity contribution in [2.24, 2.45) is 0 Å². The quantitative estimate of drug-likeness (QED) is 0.543. The van der Waals surface area contributed by atoms with Crippen molar-refractivity contribution in [1.29, 1.82) is 0 Å². The van der Waals surface area contributed by atoms with Crippen LogP contribution in [0.5, 0.6) is 5.75 Å². The van der Waals surface area contributed by atoms with Crippen LogP contribution in [0.3, 0.4) is 0 Å². The Bertz CT molecular complexity index is 1130. The number of ether oxygens (including phenoxy) is 1. The second kappa shape index (κ2) is 10.1. The van der Waals surface area contributed by atoms with Gasteiger partial charge in [0.1, 0.15) is 5.75 Å². The number of benzene rings is 2. The standard InChI is InChI=1S/C23H22F3N3O3/c1-2-32-19-10-8-16(9-11-19)20-12-13-22(31)29(28-20)14-4-7-21(30)27-18-6-3-5-17(15-18)23(24,25)26/h3,5-6,8-13,15H,2,4,7,14H2,1H3,(H,27,30). The summed E-state index contributed by atoms with van der Waals surface area (Å²) in [6.45, 7) is 2.65. The highest BCUT2D eigenvalue weighted by atomic mass is 19.4. The van der Waals surface area contributed by atoms with Crippen LogP contribution in [-0.2, 0) is 17.5 Å². The Balaban J connectivity index is 1.59. The molecule has 0 unspecified atom stereocenters. The van der Waals surface area contributed by atoms with Gasteiger partial charge in [0, 0.05) is 30.3 Å². The summed E-state index contributed by atoms with van der Waals surface area (Å²) < 4.78 is 45.0. The number of halogens is 3. The summed E-state index contributed by atoms with van der Waals surface area (Å²) in [5.41, 5.74) is 0.332. The normalized spacial score (nSPS) is 11.2. The molecule has 0 atom stereocenters. The summed E-state index contributed by atoms with van der Waals surface area (Å²) in [7, 11) is 0. The van der Waals surface area contributed by atoms with E-state index in [2.05, 4.69) is 10.4 Å².